The van der Waals surface area contributed by atoms with E-state index in [2.05, 4.69) is 15.6 Å². The average molecular weight is 247 g/mol. The second-order valence-corrected chi connectivity index (χ2v) is 4.82. The molecule has 4 nitrogen and oxygen atoms in total. The summed E-state index contributed by atoms with van der Waals surface area (Å²) in [5.41, 5.74) is 1.44. The van der Waals surface area contributed by atoms with Gasteiger partial charge in [0, 0.05) is 25.0 Å². The predicted molar refractivity (Wildman–Crippen MR) is 72.7 cm³/mol. The number of nitrogens with zero attached hydrogens (tertiary/aromatic N) is 1. The Bertz CT molecular complexity index is 400. The topological polar surface area (TPSA) is 54.0 Å². The predicted octanol–water partition coefficient (Wildman–Crippen LogP) is 2.43. The Balaban J connectivity index is 1.89. The lowest BCUT2D eigenvalue weighted by Crippen LogP contribution is -2.29. The van der Waals surface area contributed by atoms with Crippen LogP contribution in [0.15, 0.2) is 18.3 Å². The first-order valence-electron chi connectivity index (χ1n) is 6.77. The van der Waals surface area contributed by atoms with Gasteiger partial charge in [0.1, 0.15) is 5.69 Å². The molecule has 0 bridgehead atoms. The molecule has 2 rings (SSSR count). The summed E-state index contributed by atoms with van der Waals surface area (Å²) in [5, 5.41) is 6.16. The molecule has 1 aromatic rings. The summed E-state index contributed by atoms with van der Waals surface area (Å²) in [6.07, 6.45) is 6.75. The highest BCUT2D eigenvalue weighted by atomic mass is 16.1. The van der Waals surface area contributed by atoms with Crippen LogP contribution in [0.2, 0.25) is 0 Å². The lowest BCUT2D eigenvalue weighted by atomic mass is 10.1. The molecule has 0 spiro atoms. The molecule has 1 heterocycles. The first kappa shape index (κ1) is 12.9. The van der Waals surface area contributed by atoms with Gasteiger partial charge in [0.25, 0.3) is 5.91 Å². The van der Waals surface area contributed by atoms with Crippen LogP contribution in [0.1, 0.15) is 43.1 Å². The normalized spacial score (nSPS) is 15.6. The quantitative estimate of drug-likeness (QED) is 0.840. The number of rotatable bonds is 5. The molecule has 1 aromatic heterocycles. The Morgan fingerprint density at radius 3 is 2.94 bits per heavy atom. The maximum Gasteiger partial charge on any atom is 0.269 e. The third-order valence-corrected chi connectivity index (χ3v) is 3.40. The fraction of sp³-hybridized carbons (Fsp3) is 0.571. The molecule has 0 saturated heterocycles. The minimum Gasteiger partial charge on any atom is -0.385 e. The molecule has 0 radical (unpaired) electrons. The van der Waals surface area contributed by atoms with Gasteiger partial charge in [-0.05, 0) is 37.8 Å². The van der Waals surface area contributed by atoms with E-state index in [1.54, 1.807) is 12.3 Å². The molecule has 0 aromatic carbocycles. The Morgan fingerprint density at radius 1 is 1.44 bits per heavy atom. The van der Waals surface area contributed by atoms with Crippen LogP contribution in [0, 0.1) is 5.92 Å². The number of hydrogen-bond acceptors (Lipinski definition) is 3. The van der Waals surface area contributed by atoms with Crippen LogP contribution in [0.25, 0.3) is 0 Å². The second kappa shape index (κ2) is 6.38. The van der Waals surface area contributed by atoms with Crippen LogP contribution in [-0.2, 0) is 0 Å². The van der Waals surface area contributed by atoms with Crippen molar-refractivity contribution >= 4 is 11.6 Å². The minimum absolute atomic E-state index is 0.0679. The highest BCUT2D eigenvalue weighted by Gasteiger charge is 2.16. The summed E-state index contributed by atoms with van der Waals surface area (Å²) >= 11 is 0. The van der Waals surface area contributed by atoms with Gasteiger partial charge < -0.3 is 10.6 Å². The van der Waals surface area contributed by atoms with Crippen molar-refractivity contribution in [2.75, 3.05) is 18.4 Å². The molecule has 1 fully saturated rings. The summed E-state index contributed by atoms with van der Waals surface area (Å²) in [7, 11) is 0. The fourth-order valence-corrected chi connectivity index (χ4v) is 2.41. The van der Waals surface area contributed by atoms with E-state index in [0.29, 0.717) is 11.6 Å². The van der Waals surface area contributed by atoms with Gasteiger partial charge in [-0.1, -0.05) is 12.8 Å². The van der Waals surface area contributed by atoms with Gasteiger partial charge in [-0.3, -0.25) is 9.78 Å². The van der Waals surface area contributed by atoms with Crippen LogP contribution in [0.5, 0.6) is 0 Å². The van der Waals surface area contributed by atoms with Crippen molar-refractivity contribution in [3.05, 3.63) is 24.0 Å². The zero-order valence-electron chi connectivity index (χ0n) is 10.9. The van der Waals surface area contributed by atoms with Crippen molar-refractivity contribution < 1.29 is 4.79 Å². The van der Waals surface area contributed by atoms with Gasteiger partial charge in [0.05, 0.1) is 0 Å². The van der Waals surface area contributed by atoms with Crippen LogP contribution in [0.3, 0.4) is 0 Å². The molecule has 98 valence electrons. The van der Waals surface area contributed by atoms with E-state index in [4.69, 9.17) is 0 Å². The van der Waals surface area contributed by atoms with Crippen molar-refractivity contribution in [2.24, 2.45) is 5.92 Å². The third kappa shape index (κ3) is 3.45. The van der Waals surface area contributed by atoms with E-state index < -0.39 is 0 Å². The summed E-state index contributed by atoms with van der Waals surface area (Å²) in [4.78, 5) is 16.1. The van der Waals surface area contributed by atoms with Gasteiger partial charge in [-0.15, -0.1) is 0 Å². The molecular formula is C14H21N3O. The smallest absolute Gasteiger partial charge is 0.269 e. The first-order chi connectivity index (χ1) is 8.79. The number of amides is 1. The zero-order chi connectivity index (χ0) is 12.8. The number of pyridine rings is 1. The van der Waals surface area contributed by atoms with E-state index in [1.165, 1.54) is 25.7 Å². The lowest BCUT2D eigenvalue weighted by molar-refractivity contribution is 0.0942. The lowest BCUT2D eigenvalue weighted by Gasteiger charge is -2.10. The summed E-state index contributed by atoms with van der Waals surface area (Å²) < 4.78 is 0. The van der Waals surface area contributed by atoms with Crippen LogP contribution < -0.4 is 10.6 Å². The van der Waals surface area contributed by atoms with Crippen molar-refractivity contribution in [3.8, 4) is 0 Å². The van der Waals surface area contributed by atoms with Crippen molar-refractivity contribution in [3.63, 3.8) is 0 Å². The maximum absolute atomic E-state index is 12.0. The molecular weight excluding hydrogens is 226 g/mol. The van der Waals surface area contributed by atoms with E-state index >= 15 is 0 Å². The van der Waals surface area contributed by atoms with Gasteiger partial charge in [-0.2, -0.15) is 0 Å². The van der Waals surface area contributed by atoms with Crippen molar-refractivity contribution in [1.82, 2.24) is 10.3 Å². The molecule has 0 unspecified atom stereocenters. The van der Waals surface area contributed by atoms with Crippen LogP contribution >= 0.6 is 0 Å². The van der Waals surface area contributed by atoms with Crippen molar-refractivity contribution in [2.45, 2.75) is 32.6 Å². The number of aromatic nitrogens is 1. The van der Waals surface area contributed by atoms with Gasteiger partial charge in [-0.25, -0.2) is 0 Å². The van der Waals surface area contributed by atoms with E-state index in [1.807, 2.05) is 13.0 Å². The second-order valence-electron chi connectivity index (χ2n) is 4.82. The molecule has 0 aliphatic heterocycles. The van der Waals surface area contributed by atoms with E-state index in [9.17, 15) is 4.79 Å². The molecule has 1 aliphatic carbocycles. The molecule has 0 atom stereocenters. The van der Waals surface area contributed by atoms with E-state index in [-0.39, 0.29) is 5.91 Å². The number of carbonyl (C=O) groups is 1. The largest absolute Gasteiger partial charge is 0.385 e. The minimum atomic E-state index is -0.0679. The number of hydrogen-bond donors (Lipinski definition) is 2. The molecule has 1 amide bonds. The monoisotopic (exact) mass is 247 g/mol. The van der Waals surface area contributed by atoms with Crippen molar-refractivity contribution in [1.29, 1.82) is 0 Å². The highest BCUT2D eigenvalue weighted by Crippen LogP contribution is 2.23. The Kier molecular flexibility index (Phi) is 4.56. The SMILES string of the molecule is CCNc1ccnc(C(=O)NCC2CCCC2)c1. The highest BCUT2D eigenvalue weighted by molar-refractivity contribution is 5.93. The molecule has 4 heteroatoms. The Hall–Kier alpha value is -1.58. The van der Waals surface area contributed by atoms with Crippen LogP contribution in [-0.4, -0.2) is 24.0 Å². The van der Waals surface area contributed by atoms with Gasteiger partial charge in [0.2, 0.25) is 0 Å². The summed E-state index contributed by atoms with van der Waals surface area (Å²) in [5.74, 6) is 0.590. The van der Waals surface area contributed by atoms with Gasteiger partial charge in [0.15, 0.2) is 0 Å². The van der Waals surface area contributed by atoms with Crippen LogP contribution in [0.4, 0.5) is 5.69 Å². The van der Waals surface area contributed by atoms with E-state index in [0.717, 1.165) is 18.8 Å². The van der Waals surface area contributed by atoms with Gasteiger partial charge >= 0.3 is 0 Å². The number of nitrogens with one attached hydrogen (secondary N) is 2. The Labute approximate surface area is 108 Å². The average Bonchev–Trinajstić information content (AvgIpc) is 2.90. The first-order valence-corrected chi connectivity index (χ1v) is 6.77. The molecule has 1 saturated carbocycles. The zero-order valence-corrected chi connectivity index (χ0v) is 10.9. The molecule has 18 heavy (non-hydrogen) atoms. The summed E-state index contributed by atoms with van der Waals surface area (Å²) in [6, 6.07) is 3.67. The molecule has 1 aliphatic rings. The maximum atomic E-state index is 12.0. The third-order valence-electron chi connectivity index (χ3n) is 3.40. The standard InChI is InChI=1S/C14H21N3O/c1-2-15-12-7-8-16-13(9-12)14(18)17-10-11-5-3-4-6-11/h7-9,11H,2-6,10H2,1H3,(H,15,16)(H,17,18). The number of carbonyl (C=O) groups excluding carboxylic acids is 1. The Morgan fingerprint density at radius 2 is 2.22 bits per heavy atom. The summed E-state index contributed by atoms with van der Waals surface area (Å²) in [6.45, 7) is 3.65. The fourth-order valence-electron chi connectivity index (χ4n) is 2.41. The molecule has 2 N–H and O–H groups in total. The number of anilines is 1.